The van der Waals surface area contributed by atoms with Gasteiger partial charge in [0.15, 0.2) is 6.10 Å². The van der Waals surface area contributed by atoms with E-state index in [0.29, 0.717) is 12.0 Å². The van der Waals surface area contributed by atoms with Gasteiger partial charge in [-0.3, -0.25) is 4.79 Å². The molecular formula is C13H16N2O2. The Hall–Kier alpha value is -1.86. The molecule has 2 unspecified atom stereocenters. The van der Waals surface area contributed by atoms with Crippen LogP contribution in [0.15, 0.2) is 30.3 Å². The maximum atomic E-state index is 11.8. The van der Waals surface area contributed by atoms with E-state index in [0.717, 1.165) is 0 Å². The van der Waals surface area contributed by atoms with Crippen molar-refractivity contribution in [3.05, 3.63) is 35.9 Å². The molecule has 0 saturated heterocycles. The topological polar surface area (TPSA) is 73.1 Å². The summed E-state index contributed by atoms with van der Waals surface area (Å²) in [6, 6.07) is 10.7. The zero-order valence-electron chi connectivity index (χ0n) is 9.97. The minimum Gasteiger partial charge on any atom is -0.378 e. The molecular weight excluding hydrogens is 216 g/mol. The summed E-state index contributed by atoms with van der Waals surface area (Å²) in [7, 11) is 0. The van der Waals surface area contributed by atoms with Crippen LogP contribution in [-0.4, -0.2) is 16.6 Å². The van der Waals surface area contributed by atoms with Gasteiger partial charge in [0, 0.05) is 0 Å². The number of hydrogen-bond acceptors (Lipinski definition) is 3. The second-order valence-electron chi connectivity index (χ2n) is 4.10. The monoisotopic (exact) mass is 232 g/mol. The van der Waals surface area contributed by atoms with Crippen LogP contribution in [0.5, 0.6) is 0 Å². The maximum Gasteiger partial charge on any atom is 0.254 e. The highest BCUT2D eigenvalue weighted by Gasteiger charge is 2.27. The highest BCUT2D eigenvalue weighted by atomic mass is 16.3. The third-order valence-corrected chi connectivity index (χ3v) is 2.72. The van der Waals surface area contributed by atoms with Crippen LogP contribution < -0.4 is 5.32 Å². The first kappa shape index (κ1) is 13.2. The molecule has 90 valence electrons. The largest absolute Gasteiger partial charge is 0.378 e. The van der Waals surface area contributed by atoms with Crippen LogP contribution in [0.1, 0.15) is 31.9 Å². The van der Waals surface area contributed by atoms with Gasteiger partial charge in [-0.1, -0.05) is 37.3 Å². The smallest absolute Gasteiger partial charge is 0.254 e. The Morgan fingerprint density at radius 1 is 1.53 bits per heavy atom. The number of carbonyl (C=O) groups excluding carboxylic acids is 1. The van der Waals surface area contributed by atoms with Crippen LogP contribution in [0, 0.1) is 11.3 Å². The fourth-order valence-electron chi connectivity index (χ4n) is 1.32. The van der Waals surface area contributed by atoms with Gasteiger partial charge >= 0.3 is 0 Å². The van der Waals surface area contributed by atoms with Gasteiger partial charge in [-0.25, -0.2) is 0 Å². The molecule has 0 bridgehead atoms. The van der Waals surface area contributed by atoms with Crippen LogP contribution in [0.25, 0.3) is 0 Å². The lowest BCUT2D eigenvalue weighted by Crippen LogP contribution is -2.46. The molecule has 1 aromatic carbocycles. The number of rotatable bonds is 4. The van der Waals surface area contributed by atoms with Gasteiger partial charge in [-0.15, -0.1) is 0 Å². The van der Waals surface area contributed by atoms with Gasteiger partial charge in [0.2, 0.25) is 0 Å². The molecule has 0 aliphatic carbocycles. The van der Waals surface area contributed by atoms with Crippen molar-refractivity contribution in [2.45, 2.75) is 31.9 Å². The maximum absolute atomic E-state index is 11.8. The molecule has 0 heterocycles. The molecule has 0 fully saturated rings. The lowest BCUT2D eigenvalue weighted by Gasteiger charge is -2.23. The summed E-state index contributed by atoms with van der Waals surface area (Å²) in [4.78, 5) is 11.8. The number of carbonyl (C=O) groups is 1. The molecule has 0 aromatic heterocycles. The quantitative estimate of drug-likeness (QED) is 0.826. The molecule has 0 aliphatic heterocycles. The SMILES string of the molecule is CCC(C)(C#N)NC(=O)C(O)c1ccccc1. The molecule has 17 heavy (non-hydrogen) atoms. The van der Waals surface area contributed by atoms with Crippen LogP contribution in [0.3, 0.4) is 0 Å². The summed E-state index contributed by atoms with van der Waals surface area (Å²) in [6.45, 7) is 3.43. The predicted octanol–water partition coefficient (Wildman–Crippen LogP) is 1.53. The Kier molecular flexibility index (Phi) is 4.24. The fourth-order valence-corrected chi connectivity index (χ4v) is 1.32. The Labute approximate surface area is 101 Å². The van der Waals surface area contributed by atoms with Crippen LogP contribution >= 0.6 is 0 Å². The van der Waals surface area contributed by atoms with Gasteiger partial charge in [-0.2, -0.15) is 5.26 Å². The first-order valence-electron chi connectivity index (χ1n) is 5.48. The van der Waals surface area contributed by atoms with Crippen molar-refractivity contribution in [2.24, 2.45) is 0 Å². The summed E-state index contributed by atoms with van der Waals surface area (Å²) in [5, 5.41) is 21.3. The molecule has 0 aliphatic rings. The number of aliphatic hydroxyl groups excluding tert-OH is 1. The van der Waals surface area contributed by atoms with Crippen molar-refractivity contribution in [1.29, 1.82) is 5.26 Å². The van der Waals surface area contributed by atoms with Gasteiger partial charge in [0.1, 0.15) is 5.54 Å². The van der Waals surface area contributed by atoms with Crippen molar-refractivity contribution >= 4 is 5.91 Å². The van der Waals surface area contributed by atoms with E-state index in [1.807, 2.05) is 6.07 Å². The first-order valence-corrected chi connectivity index (χ1v) is 5.48. The highest BCUT2D eigenvalue weighted by molar-refractivity contribution is 5.82. The van der Waals surface area contributed by atoms with Crippen molar-refractivity contribution < 1.29 is 9.90 Å². The van der Waals surface area contributed by atoms with E-state index in [1.165, 1.54) is 0 Å². The van der Waals surface area contributed by atoms with Gasteiger partial charge < -0.3 is 10.4 Å². The zero-order chi connectivity index (χ0) is 12.9. The van der Waals surface area contributed by atoms with E-state index >= 15 is 0 Å². The Bertz CT molecular complexity index is 425. The summed E-state index contributed by atoms with van der Waals surface area (Å²) >= 11 is 0. The molecule has 4 nitrogen and oxygen atoms in total. The summed E-state index contributed by atoms with van der Waals surface area (Å²) in [6.07, 6.45) is -0.757. The predicted molar refractivity (Wildman–Crippen MR) is 63.9 cm³/mol. The molecule has 4 heteroatoms. The van der Waals surface area contributed by atoms with E-state index in [2.05, 4.69) is 5.32 Å². The van der Waals surface area contributed by atoms with Gasteiger partial charge in [0.25, 0.3) is 5.91 Å². The van der Waals surface area contributed by atoms with Crippen molar-refractivity contribution in [3.63, 3.8) is 0 Å². The molecule has 0 radical (unpaired) electrons. The highest BCUT2D eigenvalue weighted by Crippen LogP contribution is 2.15. The van der Waals surface area contributed by atoms with Crippen LogP contribution in [0.4, 0.5) is 0 Å². The number of hydrogen-bond donors (Lipinski definition) is 2. The molecule has 1 amide bonds. The summed E-state index contributed by atoms with van der Waals surface area (Å²) < 4.78 is 0. The van der Waals surface area contributed by atoms with E-state index < -0.39 is 17.6 Å². The Morgan fingerprint density at radius 3 is 2.59 bits per heavy atom. The third-order valence-electron chi connectivity index (χ3n) is 2.72. The number of benzene rings is 1. The van der Waals surface area contributed by atoms with Crippen molar-refractivity contribution in [1.82, 2.24) is 5.32 Å². The standard InChI is InChI=1S/C13H16N2O2/c1-3-13(2,9-14)15-12(17)11(16)10-7-5-4-6-8-10/h4-8,11,16H,3H2,1-2H3,(H,15,17). The van der Waals surface area contributed by atoms with Crippen molar-refractivity contribution in [2.75, 3.05) is 0 Å². The average molecular weight is 232 g/mol. The Balaban J connectivity index is 2.76. The van der Waals surface area contributed by atoms with Crippen LogP contribution in [-0.2, 0) is 4.79 Å². The zero-order valence-corrected chi connectivity index (χ0v) is 9.97. The molecule has 0 saturated carbocycles. The van der Waals surface area contributed by atoms with Gasteiger partial charge in [-0.05, 0) is 18.9 Å². The Morgan fingerprint density at radius 2 is 2.12 bits per heavy atom. The second kappa shape index (κ2) is 5.46. The number of aliphatic hydroxyl groups is 1. The third kappa shape index (κ3) is 3.30. The summed E-state index contributed by atoms with van der Waals surface area (Å²) in [5.41, 5.74) is -0.422. The van der Waals surface area contributed by atoms with E-state index in [9.17, 15) is 9.90 Å². The molecule has 2 atom stereocenters. The second-order valence-corrected chi connectivity index (χ2v) is 4.10. The fraction of sp³-hybridized carbons (Fsp3) is 0.385. The normalized spacial score (nSPS) is 15.4. The molecule has 0 spiro atoms. The minimum absolute atomic E-state index is 0.483. The number of nitrogens with zero attached hydrogens (tertiary/aromatic N) is 1. The first-order chi connectivity index (χ1) is 8.02. The summed E-state index contributed by atoms with van der Waals surface area (Å²) in [5.74, 6) is -0.554. The molecule has 1 rings (SSSR count). The van der Waals surface area contributed by atoms with Crippen molar-refractivity contribution in [3.8, 4) is 6.07 Å². The number of nitrogens with one attached hydrogen (secondary N) is 1. The number of nitriles is 1. The van der Waals surface area contributed by atoms with Gasteiger partial charge in [0.05, 0.1) is 6.07 Å². The van der Waals surface area contributed by atoms with E-state index in [-0.39, 0.29) is 0 Å². The van der Waals surface area contributed by atoms with E-state index in [1.54, 1.807) is 44.2 Å². The molecule has 1 aromatic rings. The minimum atomic E-state index is -1.24. The number of amides is 1. The van der Waals surface area contributed by atoms with Crippen LogP contribution in [0.2, 0.25) is 0 Å². The molecule has 2 N–H and O–H groups in total. The average Bonchev–Trinajstić information content (AvgIpc) is 2.38. The lowest BCUT2D eigenvalue weighted by molar-refractivity contribution is -0.131. The lowest BCUT2D eigenvalue weighted by atomic mass is 10.00. The van der Waals surface area contributed by atoms with E-state index in [4.69, 9.17) is 5.26 Å².